The second-order valence-electron chi connectivity index (χ2n) is 4.63. The number of hydrogen-bond donors (Lipinski definition) is 1. The SMILES string of the molecule is COC(C)(C)CCC(N)c1ncc(Br)cc1Br. The van der Waals surface area contributed by atoms with Crippen molar-refractivity contribution in [2.75, 3.05) is 7.11 Å². The Labute approximate surface area is 119 Å². The summed E-state index contributed by atoms with van der Waals surface area (Å²) in [6, 6.07) is 1.89. The molecule has 17 heavy (non-hydrogen) atoms. The van der Waals surface area contributed by atoms with Crippen molar-refractivity contribution in [3.63, 3.8) is 0 Å². The maximum absolute atomic E-state index is 6.14. The van der Waals surface area contributed by atoms with E-state index in [-0.39, 0.29) is 11.6 Å². The Morgan fingerprint density at radius 1 is 1.47 bits per heavy atom. The summed E-state index contributed by atoms with van der Waals surface area (Å²) in [4.78, 5) is 4.34. The first-order valence-corrected chi connectivity index (χ1v) is 7.06. The molecule has 1 rings (SSSR count). The van der Waals surface area contributed by atoms with Gasteiger partial charge in [0, 0.05) is 28.3 Å². The van der Waals surface area contributed by atoms with Gasteiger partial charge in [0.2, 0.25) is 0 Å². The molecule has 1 atom stereocenters. The Hall–Kier alpha value is 0.0300. The number of halogens is 2. The van der Waals surface area contributed by atoms with Crippen molar-refractivity contribution in [3.05, 3.63) is 26.9 Å². The van der Waals surface area contributed by atoms with Crippen molar-refractivity contribution in [1.29, 1.82) is 0 Å². The highest BCUT2D eigenvalue weighted by molar-refractivity contribution is 9.11. The molecule has 0 fully saturated rings. The molecule has 1 heterocycles. The van der Waals surface area contributed by atoms with Crippen molar-refractivity contribution in [2.45, 2.75) is 38.3 Å². The maximum atomic E-state index is 6.14. The van der Waals surface area contributed by atoms with Crippen molar-refractivity contribution < 1.29 is 4.74 Å². The Morgan fingerprint density at radius 2 is 2.12 bits per heavy atom. The van der Waals surface area contributed by atoms with E-state index in [2.05, 4.69) is 50.7 Å². The van der Waals surface area contributed by atoms with Crippen LogP contribution in [0.15, 0.2) is 21.2 Å². The van der Waals surface area contributed by atoms with Gasteiger partial charge < -0.3 is 10.5 Å². The lowest BCUT2D eigenvalue weighted by Gasteiger charge is -2.24. The number of methoxy groups -OCH3 is 1. The van der Waals surface area contributed by atoms with Gasteiger partial charge >= 0.3 is 0 Å². The smallest absolute Gasteiger partial charge is 0.0713 e. The summed E-state index contributed by atoms with van der Waals surface area (Å²) in [6.45, 7) is 4.12. The van der Waals surface area contributed by atoms with Gasteiger partial charge in [0.05, 0.1) is 11.3 Å². The zero-order valence-electron chi connectivity index (χ0n) is 10.3. The molecule has 1 aromatic heterocycles. The van der Waals surface area contributed by atoms with Crippen LogP contribution in [0, 0.1) is 0 Å². The first-order chi connectivity index (χ1) is 7.85. The van der Waals surface area contributed by atoms with E-state index in [4.69, 9.17) is 10.5 Å². The Kier molecular flexibility index (Phi) is 5.57. The number of nitrogens with zero attached hydrogens (tertiary/aromatic N) is 1. The molecule has 0 radical (unpaired) electrons. The summed E-state index contributed by atoms with van der Waals surface area (Å²) in [5.74, 6) is 0. The van der Waals surface area contributed by atoms with Crippen LogP contribution in [0.25, 0.3) is 0 Å². The molecule has 0 aliphatic heterocycles. The number of pyridine rings is 1. The highest BCUT2D eigenvalue weighted by atomic mass is 79.9. The van der Waals surface area contributed by atoms with Crippen LogP contribution in [0.3, 0.4) is 0 Å². The Morgan fingerprint density at radius 3 is 2.65 bits per heavy atom. The molecule has 0 bridgehead atoms. The lowest BCUT2D eigenvalue weighted by Crippen LogP contribution is -2.25. The van der Waals surface area contributed by atoms with Crippen LogP contribution < -0.4 is 5.73 Å². The Bertz CT molecular complexity index is 383. The zero-order valence-corrected chi connectivity index (χ0v) is 13.5. The van der Waals surface area contributed by atoms with Crippen molar-refractivity contribution in [2.24, 2.45) is 5.73 Å². The molecule has 0 aliphatic carbocycles. The van der Waals surface area contributed by atoms with E-state index in [1.54, 1.807) is 13.3 Å². The van der Waals surface area contributed by atoms with Crippen molar-refractivity contribution in [1.82, 2.24) is 4.98 Å². The van der Waals surface area contributed by atoms with E-state index in [1.807, 2.05) is 6.07 Å². The largest absolute Gasteiger partial charge is 0.379 e. The molecule has 1 unspecified atom stereocenters. The summed E-state index contributed by atoms with van der Waals surface area (Å²) in [7, 11) is 1.72. The topological polar surface area (TPSA) is 48.1 Å². The predicted octanol–water partition coefficient (Wildman–Crippen LogP) is 3.81. The highest BCUT2D eigenvalue weighted by Crippen LogP contribution is 2.27. The minimum absolute atomic E-state index is 0.0769. The van der Waals surface area contributed by atoms with Gasteiger partial charge in [-0.2, -0.15) is 0 Å². The first-order valence-electron chi connectivity index (χ1n) is 5.47. The second-order valence-corrected chi connectivity index (χ2v) is 6.40. The van der Waals surface area contributed by atoms with Gasteiger partial charge in [-0.15, -0.1) is 0 Å². The summed E-state index contributed by atoms with van der Waals surface area (Å²) < 4.78 is 7.26. The van der Waals surface area contributed by atoms with E-state index >= 15 is 0 Å². The van der Waals surface area contributed by atoms with Gasteiger partial charge in [0.25, 0.3) is 0 Å². The van der Waals surface area contributed by atoms with E-state index in [1.165, 1.54) is 0 Å². The number of aromatic nitrogens is 1. The van der Waals surface area contributed by atoms with Crippen LogP contribution in [0.5, 0.6) is 0 Å². The zero-order chi connectivity index (χ0) is 13.1. The lowest BCUT2D eigenvalue weighted by molar-refractivity contribution is 0.0124. The fourth-order valence-electron chi connectivity index (χ4n) is 1.44. The van der Waals surface area contributed by atoms with Crippen LogP contribution >= 0.6 is 31.9 Å². The molecule has 0 saturated carbocycles. The summed E-state index contributed by atoms with van der Waals surface area (Å²) in [5.41, 5.74) is 6.89. The number of nitrogens with two attached hydrogens (primary N) is 1. The van der Waals surface area contributed by atoms with Crippen molar-refractivity contribution in [3.8, 4) is 0 Å². The average Bonchev–Trinajstić information content (AvgIpc) is 2.26. The standard InChI is InChI=1S/C12H18Br2N2O/c1-12(2,17-3)5-4-10(15)11-9(14)6-8(13)7-16-11/h6-7,10H,4-5,15H2,1-3H3. The van der Waals surface area contributed by atoms with Crippen LogP contribution in [0.1, 0.15) is 38.4 Å². The van der Waals surface area contributed by atoms with Gasteiger partial charge in [0.15, 0.2) is 0 Å². The maximum Gasteiger partial charge on any atom is 0.0713 e. The minimum Gasteiger partial charge on any atom is -0.379 e. The van der Waals surface area contributed by atoms with Crippen LogP contribution in [-0.2, 0) is 4.74 Å². The third-order valence-electron chi connectivity index (χ3n) is 2.80. The molecule has 1 aromatic rings. The normalized spacial score (nSPS) is 13.8. The van der Waals surface area contributed by atoms with Gasteiger partial charge in [-0.25, -0.2) is 0 Å². The van der Waals surface area contributed by atoms with E-state index in [9.17, 15) is 0 Å². The molecular weight excluding hydrogens is 348 g/mol. The molecule has 2 N–H and O–H groups in total. The van der Waals surface area contributed by atoms with Crippen molar-refractivity contribution >= 4 is 31.9 Å². The molecule has 96 valence electrons. The molecule has 0 saturated heterocycles. The lowest BCUT2D eigenvalue weighted by atomic mass is 9.97. The molecule has 5 heteroatoms. The van der Waals surface area contributed by atoms with Crippen LogP contribution in [0.4, 0.5) is 0 Å². The first kappa shape index (κ1) is 15.1. The van der Waals surface area contributed by atoms with Gasteiger partial charge in [-0.3, -0.25) is 4.98 Å². The average molecular weight is 366 g/mol. The third-order valence-corrected chi connectivity index (χ3v) is 3.87. The minimum atomic E-state index is -0.139. The number of rotatable bonds is 5. The van der Waals surface area contributed by atoms with E-state index < -0.39 is 0 Å². The molecule has 0 amide bonds. The molecular formula is C12H18Br2N2O. The third kappa shape index (κ3) is 4.66. The number of ether oxygens (including phenoxy) is 1. The predicted molar refractivity (Wildman–Crippen MR) is 76.9 cm³/mol. The monoisotopic (exact) mass is 364 g/mol. The van der Waals surface area contributed by atoms with E-state index in [0.717, 1.165) is 27.5 Å². The molecule has 0 aromatic carbocycles. The summed E-state index contributed by atoms with van der Waals surface area (Å²) in [6.07, 6.45) is 3.50. The fraction of sp³-hybridized carbons (Fsp3) is 0.583. The number of hydrogen-bond acceptors (Lipinski definition) is 3. The van der Waals surface area contributed by atoms with Gasteiger partial charge in [-0.1, -0.05) is 0 Å². The molecule has 0 spiro atoms. The van der Waals surface area contributed by atoms with Crippen LogP contribution in [-0.4, -0.2) is 17.7 Å². The van der Waals surface area contributed by atoms with E-state index in [0.29, 0.717) is 0 Å². The summed E-state index contributed by atoms with van der Waals surface area (Å²) in [5, 5.41) is 0. The molecule has 3 nitrogen and oxygen atoms in total. The summed E-state index contributed by atoms with van der Waals surface area (Å²) >= 11 is 6.86. The second kappa shape index (κ2) is 6.27. The van der Waals surface area contributed by atoms with Gasteiger partial charge in [-0.05, 0) is 64.6 Å². The molecule has 0 aliphatic rings. The Balaban J connectivity index is 2.67. The van der Waals surface area contributed by atoms with Crippen LogP contribution in [0.2, 0.25) is 0 Å². The van der Waals surface area contributed by atoms with Gasteiger partial charge in [0.1, 0.15) is 0 Å². The fourth-order valence-corrected chi connectivity index (χ4v) is 2.72. The highest BCUT2D eigenvalue weighted by Gasteiger charge is 2.20. The quantitative estimate of drug-likeness (QED) is 0.862.